The SMILES string of the molecule is O=Cc1cccc(Cn2cccc2)c1. The fourth-order valence-electron chi connectivity index (χ4n) is 1.45. The van der Waals surface area contributed by atoms with Crippen LogP contribution in [0.3, 0.4) is 0 Å². The Bertz CT molecular complexity index is 418. The summed E-state index contributed by atoms with van der Waals surface area (Å²) < 4.78 is 2.07. The Hall–Kier alpha value is -1.83. The van der Waals surface area contributed by atoms with E-state index in [-0.39, 0.29) is 0 Å². The topological polar surface area (TPSA) is 22.0 Å². The van der Waals surface area contributed by atoms with Crippen molar-refractivity contribution in [3.8, 4) is 0 Å². The normalized spacial score (nSPS) is 10.0. The average molecular weight is 185 g/mol. The van der Waals surface area contributed by atoms with Crippen LogP contribution < -0.4 is 0 Å². The molecule has 2 nitrogen and oxygen atoms in total. The second-order valence-corrected chi connectivity index (χ2v) is 3.22. The van der Waals surface area contributed by atoms with E-state index in [9.17, 15) is 4.79 Å². The third-order valence-corrected chi connectivity index (χ3v) is 2.12. The molecule has 0 unspecified atom stereocenters. The smallest absolute Gasteiger partial charge is 0.150 e. The molecule has 70 valence electrons. The number of nitrogens with zero attached hydrogens (tertiary/aromatic N) is 1. The number of carbonyl (C=O) groups excluding carboxylic acids is 1. The van der Waals surface area contributed by atoms with Crippen molar-refractivity contribution in [3.63, 3.8) is 0 Å². The van der Waals surface area contributed by atoms with Crippen LogP contribution in [0, 0.1) is 0 Å². The van der Waals surface area contributed by atoms with Gasteiger partial charge in [0.15, 0.2) is 0 Å². The van der Waals surface area contributed by atoms with E-state index in [1.165, 1.54) is 0 Å². The first-order valence-electron chi connectivity index (χ1n) is 4.53. The third kappa shape index (κ3) is 1.91. The molecule has 0 saturated carbocycles. The second-order valence-electron chi connectivity index (χ2n) is 3.22. The minimum atomic E-state index is 0.731. The first-order valence-corrected chi connectivity index (χ1v) is 4.53. The van der Waals surface area contributed by atoms with Gasteiger partial charge in [-0.15, -0.1) is 0 Å². The minimum Gasteiger partial charge on any atom is -0.350 e. The summed E-state index contributed by atoms with van der Waals surface area (Å²) in [4.78, 5) is 10.6. The maximum Gasteiger partial charge on any atom is 0.150 e. The molecule has 0 saturated heterocycles. The highest BCUT2D eigenvalue weighted by molar-refractivity contribution is 5.74. The molecule has 0 atom stereocenters. The zero-order chi connectivity index (χ0) is 9.80. The Morgan fingerprint density at radius 2 is 1.93 bits per heavy atom. The molecule has 0 radical (unpaired) electrons. The number of benzene rings is 1. The number of carbonyl (C=O) groups is 1. The van der Waals surface area contributed by atoms with Crippen LogP contribution in [0.25, 0.3) is 0 Å². The first kappa shape index (κ1) is 8.75. The van der Waals surface area contributed by atoms with E-state index < -0.39 is 0 Å². The second kappa shape index (κ2) is 3.92. The van der Waals surface area contributed by atoms with Gasteiger partial charge in [0.2, 0.25) is 0 Å². The summed E-state index contributed by atoms with van der Waals surface area (Å²) in [6.45, 7) is 0.814. The first-order chi connectivity index (χ1) is 6.88. The van der Waals surface area contributed by atoms with E-state index in [0.717, 1.165) is 24.0 Å². The molecular formula is C12H11NO. The summed E-state index contributed by atoms with van der Waals surface area (Å²) in [5.74, 6) is 0. The standard InChI is InChI=1S/C12H11NO/c14-10-12-5-3-4-11(8-12)9-13-6-1-2-7-13/h1-8,10H,9H2. The lowest BCUT2D eigenvalue weighted by molar-refractivity contribution is 0.112. The summed E-state index contributed by atoms with van der Waals surface area (Å²) in [6.07, 6.45) is 4.89. The van der Waals surface area contributed by atoms with Gasteiger partial charge in [0, 0.05) is 24.5 Å². The lowest BCUT2D eigenvalue weighted by Crippen LogP contribution is -1.96. The van der Waals surface area contributed by atoms with Gasteiger partial charge in [-0.1, -0.05) is 18.2 Å². The van der Waals surface area contributed by atoms with Crippen molar-refractivity contribution in [1.82, 2.24) is 4.57 Å². The van der Waals surface area contributed by atoms with E-state index in [0.29, 0.717) is 0 Å². The van der Waals surface area contributed by atoms with Crippen molar-refractivity contribution in [2.75, 3.05) is 0 Å². The number of hydrogen-bond acceptors (Lipinski definition) is 1. The van der Waals surface area contributed by atoms with Crippen LogP contribution in [0.2, 0.25) is 0 Å². The van der Waals surface area contributed by atoms with Gasteiger partial charge in [0.1, 0.15) is 6.29 Å². The van der Waals surface area contributed by atoms with Gasteiger partial charge >= 0.3 is 0 Å². The van der Waals surface area contributed by atoms with Gasteiger partial charge in [0.25, 0.3) is 0 Å². The van der Waals surface area contributed by atoms with Crippen LogP contribution in [-0.2, 0) is 6.54 Å². The molecule has 0 aliphatic rings. The highest BCUT2D eigenvalue weighted by atomic mass is 16.1. The Morgan fingerprint density at radius 1 is 1.14 bits per heavy atom. The van der Waals surface area contributed by atoms with Gasteiger partial charge in [-0.2, -0.15) is 0 Å². The largest absolute Gasteiger partial charge is 0.350 e. The number of aromatic nitrogens is 1. The summed E-state index contributed by atoms with van der Waals surface area (Å²) in [6, 6.07) is 11.6. The highest BCUT2D eigenvalue weighted by Crippen LogP contribution is 2.05. The van der Waals surface area contributed by atoms with Crippen molar-refractivity contribution in [2.45, 2.75) is 6.54 Å². The zero-order valence-electron chi connectivity index (χ0n) is 7.76. The molecule has 2 rings (SSSR count). The molecule has 2 aromatic rings. The van der Waals surface area contributed by atoms with Gasteiger partial charge in [-0.3, -0.25) is 4.79 Å². The van der Waals surface area contributed by atoms with Crippen molar-refractivity contribution in [3.05, 3.63) is 59.9 Å². The van der Waals surface area contributed by atoms with Crippen LogP contribution in [0.15, 0.2) is 48.8 Å². The highest BCUT2D eigenvalue weighted by Gasteiger charge is 1.95. The van der Waals surface area contributed by atoms with Crippen molar-refractivity contribution in [1.29, 1.82) is 0 Å². The monoisotopic (exact) mass is 185 g/mol. The molecule has 2 heteroatoms. The van der Waals surface area contributed by atoms with E-state index >= 15 is 0 Å². The molecule has 0 aliphatic heterocycles. The molecule has 0 amide bonds. The zero-order valence-corrected chi connectivity index (χ0v) is 7.76. The van der Waals surface area contributed by atoms with Crippen LogP contribution in [0.5, 0.6) is 0 Å². The van der Waals surface area contributed by atoms with Gasteiger partial charge in [0.05, 0.1) is 0 Å². The molecule has 14 heavy (non-hydrogen) atoms. The molecule has 0 fully saturated rings. The predicted octanol–water partition coefficient (Wildman–Crippen LogP) is 2.35. The lowest BCUT2D eigenvalue weighted by atomic mass is 10.1. The van der Waals surface area contributed by atoms with Crippen LogP contribution in [0.4, 0.5) is 0 Å². The molecule has 0 aliphatic carbocycles. The quantitative estimate of drug-likeness (QED) is 0.673. The lowest BCUT2D eigenvalue weighted by Gasteiger charge is -2.03. The molecule has 0 N–H and O–H groups in total. The average Bonchev–Trinajstić information content (AvgIpc) is 2.71. The molecular weight excluding hydrogens is 174 g/mol. The summed E-state index contributed by atoms with van der Waals surface area (Å²) in [5, 5.41) is 0. The van der Waals surface area contributed by atoms with Crippen LogP contribution in [-0.4, -0.2) is 10.9 Å². The maximum atomic E-state index is 10.6. The Balaban J connectivity index is 2.21. The minimum absolute atomic E-state index is 0.731. The van der Waals surface area contributed by atoms with E-state index in [1.54, 1.807) is 0 Å². The molecule has 0 bridgehead atoms. The van der Waals surface area contributed by atoms with E-state index in [1.807, 2.05) is 48.8 Å². The molecule has 0 spiro atoms. The summed E-state index contributed by atoms with van der Waals surface area (Å²) in [5.41, 5.74) is 1.88. The third-order valence-electron chi connectivity index (χ3n) is 2.12. The molecule has 1 heterocycles. The van der Waals surface area contributed by atoms with Crippen molar-refractivity contribution in [2.24, 2.45) is 0 Å². The molecule has 1 aromatic heterocycles. The fourth-order valence-corrected chi connectivity index (χ4v) is 1.45. The van der Waals surface area contributed by atoms with E-state index in [4.69, 9.17) is 0 Å². The van der Waals surface area contributed by atoms with Crippen LogP contribution in [0.1, 0.15) is 15.9 Å². The van der Waals surface area contributed by atoms with Gasteiger partial charge in [-0.05, 0) is 23.8 Å². The van der Waals surface area contributed by atoms with Crippen molar-refractivity contribution < 1.29 is 4.79 Å². The number of aldehydes is 1. The maximum absolute atomic E-state index is 10.6. The molecule has 1 aromatic carbocycles. The number of rotatable bonds is 3. The number of hydrogen-bond donors (Lipinski definition) is 0. The van der Waals surface area contributed by atoms with Crippen molar-refractivity contribution >= 4 is 6.29 Å². The Morgan fingerprint density at radius 3 is 2.64 bits per heavy atom. The van der Waals surface area contributed by atoms with Crippen LogP contribution >= 0.6 is 0 Å². The van der Waals surface area contributed by atoms with E-state index in [2.05, 4.69) is 4.57 Å². The van der Waals surface area contributed by atoms with Gasteiger partial charge < -0.3 is 4.57 Å². The summed E-state index contributed by atoms with van der Waals surface area (Å²) >= 11 is 0. The Labute approximate surface area is 82.8 Å². The fraction of sp³-hybridized carbons (Fsp3) is 0.0833. The predicted molar refractivity (Wildman–Crippen MR) is 55.4 cm³/mol. The Kier molecular flexibility index (Phi) is 2.45. The van der Waals surface area contributed by atoms with Gasteiger partial charge in [-0.25, -0.2) is 0 Å². The summed E-state index contributed by atoms with van der Waals surface area (Å²) in [7, 11) is 0.